The number of anilines is 1. The lowest BCUT2D eigenvalue weighted by molar-refractivity contribution is -0.142. The number of carbonyl (C=O) groups is 1. The Labute approximate surface area is 183 Å². The number of amides is 1. The van der Waals surface area contributed by atoms with Gasteiger partial charge in [-0.1, -0.05) is 0 Å². The molecule has 0 atom stereocenters. The lowest BCUT2D eigenvalue weighted by atomic mass is 10.1. The fourth-order valence-corrected chi connectivity index (χ4v) is 3.03. The van der Waals surface area contributed by atoms with Crippen LogP contribution in [0.1, 0.15) is 16.3 Å². The summed E-state index contributed by atoms with van der Waals surface area (Å²) in [5, 5.41) is 6.19. The van der Waals surface area contributed by atoms with Gasteiger partial charge in [0.2, 0.25) is 5.82 Å². The molecular weight excluding hydrogens is 446 g/mol. The number of halogens is 4. The van der Waals surface area contributed by atoms with E-state index < -0.39 is 35.2 Å². The van der Waals surface area contributed by atoms with Gasteiger partial charge in [0.05, 0.1) is 25.6 Å². The number of benzene rings is 2. The fourth-order valence-electron chi connectivity index (χ4n) is 3.03. The van der Waals surface area contributed by atoms with Crippen LogP contribution < -0.4 is 14.8 Å². The van der Waals surface area contributed by atoms with Crippen LogP contribution in [0.2, 0.25) is 0 Å². The monoisotopic (exact) mass is 461 g/mol. The molecule has 0 spiro atoms. The first-order valence-electron chi connectivity index (χ1n) is 9.34. The Morgan fingerprint density at radius 2 is 1.73 bits per heavy atom. The van der Waals surface area contributed by atoms with E-state index in [9.17, 15) is 22.4 Å². The maximum Gasteiger partial charge on any atom is 0.433 e. The molecule has 0 aliphatic carbocycles. The lowest BCUT2D eigenvalue weighted by Crippen LogP contribution is -2.16. The summed E-state index contributed by atoms with van der Waals surface area (Å²) in [5.41, 5.74) is -0.864. The highest BCUT2D eigenvalue weighted by Gasteiger charge is 2.36. The van der Waals surface area contributed by atoms with E-state index >= 15 is 0 Å². The SMILES string of the molecule is COc1ccc(OC)c(NC(=O)c2nc3nc(-c4ccc(F)cc4)cc(C(F)(F)F)n3n2)c1. The molecule has 1 amide bonds. The van der Waals surface area contributed by atoms with Gasteiger partial charge in [-0.2, -0.15) is 22.7 Å². The number of aromatic nitrogens is 4. The second-order valence-corrected chi connectivity index (χ2v) is 6.70. The summed E-state index contributed by atoms with van der Waals surface area (Å²) in [4.78, 5) is 20.6. The summed E-state index contributed by atoms with van der Waals surface area (Å²) in [6.07, 6.45) is -4.83. The zero-order chi connectivity index (χ0) is 23.8. The van der Waals surface area contributed by atoms with Crippen LogP contribution in [0.5, 0.6) is 11.5 Å². The van der Waals surface area contributed by atoms with Crippen molar-refractivity contribution >= 4 is 17.4 Å². The Balaban J connectivity index is 1.77. The summed E-state index contributed by atoms with van der Waals surface area (Å²) >= 11 is 0. The molecule has 0 radical (unpaired) electrons. The second-order valence-electron chi connectivity index (χ2n) is 6.70. The van der Waals surface area contributed by atoms with Crippen LogP contribution in [0.3, 0.4) is 0 Å². The van der Waals surface area contributed by atoms with Gasteiger partial charge in [-0.15, -0.1) is 5.10 Å². The van der Waals surface area contributed by atoms with Crippen molar-refractivity contribution in [3.8, 4) is 22.8 Å². The molecule has 1 N–H and O–H groups in total. The van der Waals surface area contributed by atoms with Gasteiger partial charge in [-0.3, -0.25) is 4.79 Å². The van der Waals surface area contributed by atoms with Crippen molar-refractivity contribution in [3.63, 3.8) is 0 Å². The Bertz CT molecular complexity index is 1340. The second kappa shape index (κ2) is 8.37. The number of hydrogen-bond acceptors (Lipinski definition) is 6. The highest BCUT2D eigenvalue weighted by atomic mass is 19.4. The zero-order valence-electron chi connectivity index (χ0n) is 17.1. The number of ether oxygens (including phenoxy) is 2. The largest absolute Gasteiger partial charge is 0.497 e. The molecule has 0 saturated carbocycles. The van der Waals surface area contributed by atoms with Crippen LogP contribution in [0.25, 0.3) is 17.0 Å². The van der Waals surface area contributed by atoms with Crippen molar-refractivity contribution in [2.45, 2.75) is 6.18 Å². The molecule has 0 aliphatic heterocycles. The third-order valence-corrected chi connectivity index (χ3v) is 4.60. The number of rotatable bonds is 5. The Morgan fingerprint density at radius 3 is 2.36 bits per heavy atom. The average Bonchev–Trinajstić information content (AvgIpc) is 3.22. The minimum atomic E-state index is -4.83. The summed E-state index contributed by atoms with van der Waals surface area (Å²) in [6, 6.07) is 10.1. The molecule has 4 aromatic rings. The van der Waals surface area contributed by atoms with E-state index in [0.717, 1.165) is 18.2 Å². The van der Waals surface area contributed by atoms with E-state index in [1.54, 1.807) is 12.1 Å². The molecule has 8 nitrogen and oxygen atoms in total. The first kappa shape index (κ1) is 22.0. The van der Waals surface area contributed by atoms with Crippen LogP contribution in [0, 0.1) is 5.82 Å². The van der Waals surface area contributed by atoms with Crippen LogP contribution in [0.4, 0.5) is 23.2 Å². The normalized spacial score (nSPS) is 11.5. The van der Waals surface area contributed by atoms with E-state index in [4.69, 9.17) is 9.47 Å². The van der Waals surface area contributed by atoms with Gasteiger partial charge in [-0.05, 0) is 42.5 Å². The van der Waals surface area contributed by atoms with Gasteiger partial charge in [0.1, 0.15) is 17.3 Å². The number of nitrogens with one attached hydrogen (secondary N) is 1. The van der Waals surface area contributed by atoms with Gasteiger partial charge >= 0.3 is 6.18 Å². The minimum Gasteiger partial charge on any atom is -0.497 e. The molecule has 0 unspecified atom stereocenters. The standard InChI is InChI=1S/C21H15F4N5O3/c1-32-13-7-8-16(33-2)15(9-13)26-19(31)18-28-20-27-14(11-3-5-12(22)6-4-11)10-17(21(23,24)25)30(20)29-18/h3-10H,1-2H3,(H,26,31). The van der Waals surface area contributed by atoms with Crippen molar-refractivity contribution < 1.29 is 31.8 Å². The summed E-state index contributed by atoms with van der Waals surface area (Å²) < 4.78 is 65.1. The first-order valence-corrected chi connectivity index (χ1v) is 9.34. The average molecular weight is 461 g/mol. The number of hydrogen-bond donors (Lipinski definition) is 1. The summed E-state index contributed by atoms with van der Waals surface area (Å²) in [5.74, 6) is -1.73. The molecule has 2 aromatic heterocycles. The molecule has 4 rings (SSSR count). The molecule has 33 heavy (non-hydrogen) atoms. The maximum atomic E-state index is 13.7. The molecule has 0 aliphatic rings. The molecule has 12 heteroatoms. The quantitative estimate of drug-likeness (QED) is 0.448. The van der Waals surface area contributed by atoms with Crippen molar-refractivity contribution in [1.82, 2.24) is 19.6 Å². The van der Waals surface area contributed by atoms with E-state index in [2.05, 4.69) is 20.4 Å². The highest BCUT2D eigenvalue weighted by molar-refractivity contribution is 6.02. The highest BCUT2D eigenvalue weighted by Crippen LogP contribution is 2.32. The van der Waals surface area contributed by atoms with E-state index in [1.165, 1.54) is 32.4 Å². The van der Waals surface area contributed by atoms with Crippen molar-refractivity contribution in [1.29, 1.82) is 0 Å². The molecular formula is C21H15F4N5O3. The summed E-state index contributed by atoms with van der Waals surface area (Å²) in [6.45, 7) is 0. The zero-order valence-corrected chi connectivity index (χ0v) is 17.1. The van der Waals surface area contributed by atoms with Gasteiger partial charge in [0, 0.05) is 11.6 Å². The number of alkyl halides is 3. The third kappa shape index (κ3) is 4.40. The van der Waals surface area contributed by atoms with Crippen LogP contribution >= 0.6 is 0 Å². The number of carbonyl (C=O) groups excluding carboxylic acids is 1. The van der Waals surface area contributed by atoms with Crippen LogP contribution in [-0.2, 0) is 6.18 Å². The molecule has 0 fully saturated rings. The van der Waals surface area contributed by atoms with Gasteiger partial charge in [0.15, 0.2) is 5.69 Å². The predicted octanol–water partition coefficient (Wildman–Crippen LogP) is 4.22. The van der Waals surface area contributed by atoms with Crippen molar-refractivity contribution in [2.24, 2.45) is 0 Å². The van der Waals surface area contributed by atoms with Gasteiger partial charge in [-0.25, -0.2) is 9.37 Å². The minimum absolute atomic E-state index is 0.108. The molecule has 2 aromatic carbocycles. The fraction of sp³-hybridized carbons (Fsp3) is 0.143. The maximum absolute atomic E-state index is 13.7. The summed E-state index contributed by atoms with van der Waals surface area (Å²) in [7, 11) is 2.82. The number of nitrogens with zero attached hydrogens (tertiary/aromatic N) is 4. The molecule has 0 saturated heterocycles. The number of methoxy groups -OCH3 is 2. The van der Waals surface area contributed by atoms with Crippen LogP contribution in [0.15, 0.2) is 48.5 Å². The smallest absolute Gasteiger partial charge is 0.433 e. The van der Waals surface area contributed by atoms with Crippen molar-refractivity contribution in [2.75, 3.05) is 19.5 Å². The van der Waals surface area contributed by atoms with E-state index in [0.29, 0.717) is 16.0 Å². The van der Waals surface area contributed by atoms with E-state index in [1.807, 2.05) is 0 Å². The van der Waals surface area contributed by atoms with Gasteiger partial charge < -0.3 is 14.8 Å². The van der Waals surface area contributed by atoms with Crippen LogP contribution in [-0.4, -0.2) is 39.7 Å². The third-order valence-electron chi connectivity index (χ3n) is 4.60. The van der Waals surface area contributed by atoms with E-state index in [-0.39, 0.29) is 16.9 Å². The Kier molecular flexibility index (Phi) is 5.58. The van der Waals surface area contributed by atoms with Gasteiger partial charge in [0.25, 0.3) is 11.7 Å². The first-order chi connectivity index (χ1) is 15.7. The molecule has 0 bridgehead atoms. The predicted molar refractivity (Wildman–Crippen MR) is 109 cm³/mol. The Morgan fingerprint density at radius 1 is 1.00 bits per heavy atom. The molecule has 170 valence electrons. The number of fused-ring (bicyclic) bond motifs is 1. The Hall–Kier alpha value is -4.22. The molecule has 2 heterocycles. The van der Waals surface area contributed by atoms with Crippen molar-refractivity contribution in [3.05, 3.63) is 65.9 Å². The lowest BCUT2D eigenvalue weighted by Gasteiger charge is -2.10. The topological polar surface area (TPSA) is 90.6 Å².